The average Bonchev–Trinajstić information content (AvgIpc) is 2.91. The minimum atomic E-state index is -0.0220. The number of benzene rings is 3. The van der Waals surface area contributed by atoms with E-state index in [-0.39, 0.29) is 11.5 Å². The van der Waals surface area contributed by atoms with Crippen molar-refractivity contribution in [2.24, 2.45) is 0 Å². The molecule has 0 saturated carbocycles. The summed E-state index contributed by atoms with van der Waals surface area (Å²) in [5.74, 6) is 1.28. The molecular weight excluding hydrogens is 438 g/mol. The van der Waals surface area contributed by atoms with E-state index >= 15 is 0 Å². The lowest BCUT2D eigenvalue weighted by atomic mass is 9.87. The van der Waals surface area contributed by atoms with E-state index in [9.17, 15) is 10.2 Å². The van der Waals surface area contributed by atoms with Gasteiger partial charge in [-0.1, -0.05) is 62.7 Å². The van der Waals surface area contributed by atoms with Gasteiger partial charge in [0.15, 0.2) is 0 Å². The number of phenols is 2. The summed E-state index contributed by atoms with van der Waals surface area (Å²) < 4.78 is 11.9. The first-order valence-corrected chi connectivity index (χ1v) is 12.6. The monoisotopic (exact) mass is 473 g/mol. The largest absolute Gasteiger partial charge is 0.508 e. The molecule has 0 radical (unpaired) electrons. The third-order valence-corrected chi connectivity index (χ3v) is 6.38. The van der Waals surface area contributed by atoms with Crippen LogP contribution in [0.3, 0.4) is 0 Å². The fourth-order valence-electron chi connectivity index (χ4n) is 4.70. The highest BCUT2D eigenvalue weighted by Crippen LogP contribution is 2.47. The van der Waals surface area contributed by atoms with Crippen molar-refractivity contribution in [3.05, 3.63) is 83.4 Å². The highest BCUT2D eigenvalue weighted by Gasteiger charge is 2.26. The van der Waals surface area contributed by atoms with Gasteiger partial charge in [0.25, 0.3) is 0 Å². The summed E-state index contributed by atoms with van der Waals surface area (Å²) in [6.45, 7) is 8.31. The first-order chi connectivity index (χ1) is 17.2. The van der Waals surface area contributed by atoms with E-state index in [2.05, 4.69) is 4.90 Å². The van der Waals surface area contributed by atoms with Gasteiger partial charge in [0.2, 0.25) is 0 Å². The number of phenolic OH excluding ortho intramolecular Hbond substituents is 2. The number of nitrogens with zero attached hydrogens (tertiary/aromatic N) is 1. The smallest absolute Gasteiger partial charge is 0.135 e. The van der Waals surface area contributed by atoms with Crippen molar-refractivity contribution in [2.45, 2.75) is 33.1 Å². The molecule has 2 aliphatic rings. The van der Waals surface area contributed by atoms with Crippen LogP contribution in [0.5, 0.6) is 23.0 Å². The number of likely N-dealkylation sites (tertiary alicyclic amines) is 1. The van der Waals surface area contributed by atoms with Crippen LogP contribution in [0.4, 0.5) is 0 Å². The molecule has 2 aliphatic heterocycles. The molecule has 0 atom stereocenters. The minimum Gasteiger partial charge on any atom is -0.508 e. The van der Waals surface area contributed by atoms with E-state index in [4.69, 9.17) is 9.47 Å². The minimum absolute atomic E-state index is 0.00464. The lowest BCUT2D eigenvalue weighted by molar-refractivity contribution is 0.183. The second-order valence-corrected chi connectivity index (χ2v) is 8.62. The van der Waals surface area contributed by atoms with Crippen LogP contribution in [-0.2, 0) is 0 Å². The van der Waals surface area contributed by atoms with Crippen LogP contribution in [0.25, 0.3) is 11.1 Å². The number of piperidine rings is 1. The van der Waals surface area contributed by atoms with Crippen LogP contribution in [-0.4, -0.2) is 48.0 Å². The first-order valence-electron chi connectivity index (χ1n) is 12.6. The van der Waals surface area contributed by atoms with Crippen LogP contribution in [0, 0.1) is 0 Å². The van der Waals surface area contributed by atoms with Gasteiger partial charge in [-0.05, 0) is 49.2 Å². The van der Waals surface area contributed by atoms with Crippen LogP contribution < -0.4 is 9.47 Å². The SMILES string of the molecule is CC.Oc1cc(O)c2c(c1)OCC(c1ccccc1)=C2c1ccc(OCCN2CCCCC2)cc1. The van der Waals surface area contributed by atoms with Gasteiger partial charge < -0.3 is 19.7 Å². The van der Waals surface area contributed by atoms with Crippen LogP contribution in [0.1, 0.15) is 49.8 Å². The van der Waals surface area contributed by atoms with Crippen molar-refractivity contribution < 1.29 is 19.7 Å². The van der Waals surface area contributed by atoms with Gasteiger partial charge in [-0.25, -0.2) is 0 Å². The number of hydrogen-bond acceptors (Lipinski definition) is 5. The maximum Gasteiger partial charge on any atom is 0.135 e. The fourth-order valence-corrected chi connectivity index (χ4v) is 4.70. The Bertz CT molecular complexity index is 1130. The van der Waals surface area contributed by atoms with Crippen molar-refractivity contribution in [1.29, 1.82) is 0 Å². The highest BCUT2D eigenvalue weighted by atomic mass is 16.5. The van der Waals surface area contributed by atoms with Gasteiger partial charge in [-0.3, -0.25) is 4.90 Å². The molecule has 0 bridgehead atoms. The van der Waals surface area contributed by atoms with Crippen molar-refractivity contribution in [3.63, 3.8) is 0 Å². The van der Waals surface area contributed by atoms with Gasteiger partial charge in [-0.2, -0.15) is 0 Å². The molecule has 1 fully saturated rings. The summed E-state index contributed by atoms with van der Waals surface area (Å²) in [5, 5.41) is 20.7. The van der Waals surface area contributed by atoms with E-state index in [1.165, 1.54) is 38.4 Å². The molecule has 35 heavy (non-hydrogen) atoms. The molecule has 0 amide bonds. The van der Waals surface area contributed by atoms with Crippen LogP contribution >= 0.6 is 0 Å². The zero-order valence-electron chi connectivity index (χ0n) is 20.7. The Morgan fingerprint density at radius 1 is 0.857 bits per heavy atom. The van der Waals surface area contributed by atoms with Gasteiger partial charge in [0.05, 0.1) is 5.56 Å². The number of ether oxygens (including phenoxy) is 2. The van der Waals surface area contributed by atoms with Crippen molar-refractivity contribution >= 4 is 11.1 Å². The standard InChI is InChI=1S/C28H29NO4.C2H6/c30-22-17-25(31)28-26(18-22)33-19-24(20-7-3-1-4-8-20)27(28)21-9-11-23(12-10-21)32-16-15-29-13-5-2-6-14-29;1-2/h1,3-4,7-12,17-18,30-31H,2,5-6,13-16,19H2;1-2H3. The summed E-state index contributed by atoms with van der Waals surface area (Å²) in [5.41, 5.74) is 4.48. The van der Waals surface area contributed by atoms with Crippen LogP contribution in [0.15, 0.2) is 66.7 Å². The molecule has 3 aromatic carbocycles. The second-order valence-electron chi connectivity index (χ2n) is 8.62. The van der Waals surface area contributed by atoms with Crippen molar-refractivity contribution in [1.82, 2.24) is 4.90 Å². The van der Waals surface area contributed by atoms with Crippen LogP contribution in [0.2, 0.25) is 0 Å². The molecule has 2 N–H and O–H groups in total. The molecule has 0 aliphatic carbocycles. The summed E-state index contributed by atoms with van der Waals surface area (Å²) in [6, 6.07) is 21.0. The quantitative estimate of drug-likeness (QED) is 0.437. The zero-order valence-corrected chi connectivity index (χ0v) is 20.7. The predicted molar refractivity (Wildman–Crippen MR) is 141 cm³/mol. The third kappa shape index (κ3) is 5.80. The lowest BCUT2D eigenvalue weighted by Gasteiger charge is -2.26. The van der Waals surface area contributed by atoms with Gasteiger partial charge >= 0.3 is 0 Å². The van der Waals surface area contributed by atoms with Gasteiger partial charge in [0, 0.05) is 29.8 Å². The molecule has 0 unspecified atom stereocenters. The molecule has 0 spiro atoms. The summed E-state index contributed by atoms with van der Waals surface area (Å²) in [4.78, 5) is 2.46. The zero-order chi connectivity index (χ0) is 24.6. The Kier molecular flexibility index (Phi) is 8.32. The molecule has 2 heterocycles. The number of rotatable bonds is 6. The van der Waals surface area contributed by atoms with Gasteiger partial charge in [-0.15, -0.1) is 0 Å². The number of fused-ring (bicyclic) bond motifs is 1. The number of hydrogen-bond donors (Lipinski definition) is 2. The van der Waals surface area contributed by atoms with Crippen molar-refractivity contribution in [3.8, 4) is 23.0 Å². The number of aromatic hydroxyl groups is 2. The topological polar surface area (TPSA) is 62.2 Å². The Hall–Kier alpha value is -3.44. The van der Waals surface area contributed by atoms with E-state index in [0.29, 0.717) is 24.5 Å². The molecular formula is C30H35NO4. The Morgan fingerprint density at radius 2 is 1.57 bits per heavy atom. The molecule has 5 heteroatoms. The Balaban J connectivity index is 0.00000141. The maximum absolute atomic E-state index is 10.7. The second kappa shape index (κ2) is 11.8. The third-order valence-electron chi connectivity index (χ3n) is 6.38. The van der Waals surface area contributed by atoms with E-state index < -0.39 is 0 Å². The first kappa shape index (κ1) is 24.7. The predicted octanol–water partition coefficient (Wildman–Crippen LogP) is 6.34. The molecule has 184 valence electrons. The summed E-state index contributed by atoms with van der Waals surface area (Å²) >= 11 is 0. The normalized spacial score (nSPS) is 15.5. The van der Waals surface area contributed by atoms with E-state index in [1.807, 2.05) is 68.4 Å². The molecule has 0 aromatic heterocycles. The molecule has 5 rings (SSSR count). The molecule has 3 aromatic rings. The fraction of sp³-hybridized carbons (Fsp3) is 0.333. The van der Waals surface area contributed by atoms with Gasteiger partial charge in [0.1, 0.15) is 36.2 Å². The highest BCUT2D eigenvalue weighted by molar-refractivity contribution is 6.03. The summed E-state index contributed by atoms with van der Waals surface area (Å²) in [6.07, 6.45) is 3.90. The Labute approximate surface area is 208 Å². The molecule has 5 nitrogen and oxygen atoms in total. The van der Waals surface area contributed by atoms with E-state index in [1.54, 1.807) is 6.07 Å². The molecule has 1 saturated heterocycles. The van der Waals surface area contributed by atoms with E-state index in [0.717, 1.165) is 34.6 Å². The lowest BCUT2D eigenvalue weighted by Crippen LogP contribution is -2.33. The van der Waals surface area contributed by atoms with Crippen molar-refractivity contribution in [2.75, 3.05) is 32.8 Å². The average molecular weight is 474 g/mol. The Morgan fingerprint density at radius 3 is 2.29 bits per heavy atom. The maximum atomic E-state index is 10.7. The summed E-state index contributed by atoms with van der Waals surface area (Å²) in [7, 11) is 0.